The fraction of sp³-hybridized carbons (Fsp3) is 0.118. The predicted molar refractivity (Wildman–Crippen MR) is 84.5 cm³/mol. The normalized spacial score (nSPS) is 10.8. The second-order valence-electron chi connectivity index (χ2n) is 4.85. The number of pyridine rings is 1. The summed E-state index contributed by atoms with van der Waals surface area (Å²) >= 11 is 0. The molecule has 0 saturated heterocycles. The lowest BCUT2D eigenvalue weighted by Gasteiger charge is -2.14. The molecular weight excluding hydrogens is 283 g/mol. The van der Waals surface area contributed by atoms with Gasteiger partial charge < -0.3 is 15.5 Å². The Morgan fingerprint density at radius 1 is 1.09 bits per heavy atom. The maximum absolute atomic E-state index is 13.4. The van der Waals surface area contributed by atoms with E-state index in [1.165, 1.54) is 12.1 Å². The molecule has 3 N–H and O–H groups in total. The summed E-state index contributed by atoms with van der Waals surface area (Å²) in [7, 11) is 0. The van der Waals surface area contributed by atoms with Crippen LogP contribution in [0, 0.1) is 5.82 Å². The summed E-state index contributed by atoms with van der Waals surface area (Å²) in [6.07, 6.45) is 0. The van der Waals surface area contributed by atoms with E-state index < -0.39 is 5.82 Å². The molecule has 0 atom stereocenters. The van der Waals surface area contributed by atoms with E-state index in [-0.39, 0.29) is 10.9 Å². The lowest BCUT2D eigenvalue weighted by Crippen LogP contribution is -2.15. The molecule has 0 amide bonds. The number of aromatic amines is 1. The van der Waals surface area contributed by atoms with Crippen molar-refractivity contribution < 1.29 is 9.13 Å². The van der Waals surface area contributed by atoms with Gasteiger partial charge in [-0.25, -0.2) is 4.39 Å². The van der Waals surface area contributed by atoms with Crippen molar-refractivity contribution in [3.63, 3.8) is 0 Å². The van der Waals surface area contributed by atoms with Crippen LogP contribution in [0.1, 0.15) is 0 Å². The summed E-state index contributed by atoms with van der Waals surface area (Å²) in [5.74, 6) is 0.0430. The number of ether oxygens (including phenoxy) is 1. The van der Waals surface area contributed by atoms with Gasteiger partial charge in [0.1, 0.15) is 12.4 Å². The van der Waals surface area contributed by atoms with Crippen LogP contribution in [0.25, 0.3) is 22.0 Å². The number of nitrogens with one attached hydrogen (secondary N) is 1. The molecule has 0 aliphatic carbocycles. The molecule has 4 nitrogen and oxygen atoms in total. The molecule has 112 valence electrons. The Morgan fingerprint density at radius 2 is 1.86 bits per heavy atom. The Morgan fingerprint density at radius 3 is 2.59 bits per heavy atom. The second-order valence-corrected chi connectivity index (χ2v) is 4.85. The molecule has 1 heterocycles. The molecule has 2 aromatic carbocycles. The molecule has 0 saturated carbocycles. The number of hydrogen-bond acceptors (Lipinski definition) is 3. The molecular formula is C17H15FN2O2. The molecule has 0 unspecified atom stereocenters. The quantitative estimate of drug-likeness (QED) is 0.778. The van der Waals surface area contributed by atoms with Gasteiger partial charge in [-0.2, -0.15) is 0 Å². The average molecular weight is 298 g/mol. The van der Waals surface area contributed by atoms with Crippen molar-refractivity contribution in [1.29, 1.82) is 0 Å². The first-order chi connectivity index (χ1) is 10.7. The maximum Gasteiger partial charge on any atom is 0.256 e. The first-order valence-electron chi connectivity index (χ1n) is 6.94. The van der Waals surface area contributed by atoms with E-state index in [1.807, 2.05) is 30.3 Å². The molecule has 0 aliphatic heterocycles. The third kappa shape index (κ3) is 2.58. The zero-order chi connectivity index (χ0) is 15.5. The predicted octanol–water partition coefficient (Wildman–Crippen LogP) is 2.67. The van der Waals surface area contributed by atoms with Crippen LogP contribution in [0.3, 0.4) is 0 Å². The van der Waals surface area contributed by atoms with Crippen molar-refractivity contribution in [2.24, 2.45) is 5.73 Å². The molecule has 0 spiro atoms. The zero-order valence-electron chi connectivity index (χ0n) is 11.8. The van der Waals surface area contributed by atoms with E-state index in [4.69, 9.17) is 10.5 Å². The van der Waals surface area contributed by atoms with E-state index in [0.29, 0.717) is 30.0 Å². The van der Waals surface area contributed by atoms with Crippen molar-refractivity contribution in [1.82, 2.24) is 4.98 Å². The second kappa shape index (κ2) is 5.99. The highest BCUT2D eigenvalue weighted by Gasteiger charge is 2.14. The topological polar surface area (TPSA) is 68.1 Å². The van der Waals surface area contributed by atoms with Crippen LogP contribution in [-0.2, 0) is 0 Å². The summed E-state index contributed by atoms with van der Waals surface area (Å²) in [6, 6.07) is 13.4. The van der Waals surface area contributed by atoms with E-state index in [1.54, 1.807) is 6.07 Å². The first kappa shape index (κ1) is 14.3. The molecule has 22 heavy (non-hydrogen) atoms. The Kier molecular flexibility index (Phi) is 3.89. The fourth-order valence-electron chi connectivity index (χ4n) is 2.39. The summed E-state index contributed by atoms with van der Waals surface area (Å²) in [5.41, 5.74) is 6.54. The number of nitrogens with two attached hydrogens (primary N) is 1. The number of H-pyrrole nitrogens is 1. The maximum atomic E-state index is 13.4. The summed E-state index contributed by atoms with van der Waals surface area (Å²) in [6.45, 7) is 0.647. The van der Waals surface area contributed by atoms with Gasteiger partial charge in [-0.1, -0.05) is 30.3 Å². The third-order valence-corrected chi connectivity index (χ3v) is 3.36. The van der Waals surface area contributed by atoms with Gasteiger partial charge in [0, 0.05) is 17.5 Å². The van der Waals surface area contributed by atoms with Crippen LogP contribution in [0.4, 0.5) is 4.39 Å². The van der Waals surface area contributed by atoms with Crippen LogP contribution >= 0.6 is 0 Å². The number of benzene rings is 2. The smallest absolute Gasteiger partial charge is 0.256 e. The van der Waals surface area contributed by atoms with Gasteiger partial charge >= 0.3 is 0 Å². The van der Waals surface area contributed by atoms with Crippen LogP contribution in [0.2, 0.25) is 0 Å². The van der Waals surface area contributed by atoms with Crippen LogP contribution < -0.4 is 16.0 Å². The Bertz CT molecular complexity index is 860. The monoisotopic (exact) mass is 298 g/mol. The minimum atomic E-state index is -0.463. The molecule has 5 heteroatoms. The first-order valence-corrected chi connectivity index (χ1v) is 6.94. The number of aromatic nitrogens is 1. The summed E-state index contributed by atoms with van der Waals surface area (Å²) in [4.78, 5) is 15.0. The SMILES string of the molecule is NCCOc1c(-c2ccccc2)[nH]c(=O)c2cc(F)ccc12. The van der Waals surface area contributed by atoms with Gasteiger partial charge in [0.25, 0.3) is 5.56 Å². The molecule has 3 rings (SSSR count). The number of halogens is 1. The van der Waals surface area contributed by atoms with Crippen LogP contribution in [0.5, 0.6) is 5.75 Å². The van der Waals surface area contributed by atoms with Crippen LogP contribution in [0.15, 0.2) is 53.3 Å². The number of fused-ring (bicyclic) bond motifs is 1. The van der Waals surface area contributed by atoms with E-state index >= 15 is 0 Å². The molecule has 0 aliphatic rings. The summed E-state index contributed by atoms with van der Waals surface area (Å²) in [5, 5.41) is 0.823. The van der Waals surface area contributed by atoms with Crippen molar-refractivity contribution in [3.8, 4) is 17.0 Å². The standard InChI is InChI=1S/C17H15FN2O2/c18-12-6-7-13-14(10-12)17(21)20-15(16(13)22-9-8-19)11-4-2-1-3-5-11/h1-7,10H,8-9,19H2,(H,20,21). The lowest BCUT2D eigenvalue weighted by molar-refractivity contribution is 0.332. The van der Waals surface area contributed by atoms with Crippen molar-refractivity contribution in [3.05, 3.63) is 64.7 Å². The lowest BCUT2D eigenvalue weighted by atomic mass is 10.1. The van der Waals surface area contributed by atoms with Crippen molar-refractivity contribution in [2.75, 3.05) is 13.2 Å². The third-order valence-electron chi connectivity index (χ3n) is 3.36. The van der Waals surface area contributed by atoms with Gasteiger partial charge in [0.15, 0.2) is 5.75 Å². The van der Waals surface area contributed by atoms with Gasteiger partial charge in [-0.15, -0.1) is 0 Å². The van der Waals surface area contributed by atoms with Gasteiger partial charge in [0.2, 0.25) is 0 Å². The van der Waals surface area contributed by atoms with Crippen molar-refractivity contribution >= 4 is 10.8 Å². The average Bonchev–Trinajstić information content (AvgIpc) is 2.55. The molecule has 1 aromatic heterocycles. The van der Waals surface area contributed by atoms with Crippen molar-refractivity contribution in [2.45, 2.75) is 0 Å². The number of hydrogen-bond donors (Lipinski definition) is 2. The summed E-state index contributed by atoms with van der Waals surface area (Å²) < 4.78 is 19.1. The van der Waals surface area contributed by atoms with Gasteiger partial charge in [0.05, 0.1) is 11.1 Å². The Balaban J connectivity index is 2.31. The van der Waals surface area contributed by atoms with E-state index in [0.717, 1.165) is 5.56 Å². The Hall–Kier alpha value is -2.66. The zero-order valence-corrected chi connectivity index (χ0v) is 11.8. The van der Waals surface area contributed by atoms with E-state index in [9.17, 15) is 9.18 Å². The van der Waals surface area contributed by atoms with Gasteiger partial charge in [-0.05, 0) is 18.2 Å². The number of rotatable bonds is 4. The van der Waals surface area contributed by atoms with E-state index in [2.05, 4.69) is 4.98 Å². The highest BCUT2D eigenvalue weighted by atomic mass is 19.1. The van der Waals surface area contributed by atoms with Gasteiger partial charge in [-0.3, -0.25) is 4.79 Å². The molecule has 0 fully saturated rings. The fourth-order valence-corrected chi connectivity index (χ4v) is 2.39. The molecule has 0 bridgehead atoms. The minimum absolute atomic E-state index is 0.256. The Labute approximate surface area is 126 Å². The highest BCUT2D eigenvalue weighted by molar-refractivity contribution is 5.92. The molecule has 0 radical (unpaired) electrons. The minimum Gasteiger partial charge on any atom is -0.489 e. The van der Waals surface area contributed by atoms with Crippen LogP contribution in [-0.4, -0.2) is 18.1 Å². The highest BCUT2D eigenvalue weighted by Crippen LogP contribution is 2.33. The molecule has 3 aromatic rings. The largest absolute Gasteiger partial charge is 0.489 e.